The van der Waals surface area contributed by atoms with Gasteiger partial charge in [0.2, 0.25) is 5.91 Å². The number of ether oxygens (including phenoxy) is 1. The van der Waals surface area contributed by atoms with Crippen LogP contribution in [0.5, 0.6) is 0 Å². The molecule has 2 unspecified atom stereocenters. The summed E-state index contributed by atoms with van der Waals surface area (Å²) in [6.07, 6.45) is -1.01. The highest BCUT2D eigenvalue weighted by atomic mass is 35.5. The highest BCUT2D eigenvalue weighted by Gasteiger charge is 2.24. The van der Waals surface area contributed by atoms with Gasteiger partial charge in [0.15, 0.2) is 6.10 Å². The molecule has 1 rings (SSSR count). The Morgan fingerprint density at radius 1 is 1.16 bits per heavy atom. The average molecular weight is 369 g/mol. The van der Waals surface area contributed by atoms with E-state index in [4.69, 9.17) is 16.3 Å². The number of carbonyl (C=O) groups is 3. The van der Waals surface area contributed by atoms with Crippen molar-refractivity contribution in [2.45, 2.75) is 58.7 Å². The maximum Gasteiger partial charge on any atom is 0.309 e. The van der Waals surface area contributed by atoms with Crippen molar-refractivity contribution in [1.82, 2.24) is 10.6 Å². The maximum atomic E-state index is 12.2. The van der Waals surface area contributed by atoms with Gasteiger partial charge in [-0.05, 0) is 45.4 Å². The molecule has 0 aliphatic heterocycles. The lowest BCUT2D eigenvalue weighted by atomic mass is 10.0. The fourth-order valence-electron chi connectivity index (χ4n) is 2.13. The summed E-state index contributed by atoms with van der Waals surface area (Å²) in [7, 11) is 0. The van der Waals surface area contributed by atoms with Crippen molar-refractivity contribution in [3.8, 4) is 0 Å². The number of amides is 2. The molecule has 2 atom stereocenters. The Bertz CT molecular complexity index is 623. The van der Waals surface area contributed by atoms with Crippen molar-refractivity contribution in [2.75, 3.05) is 0 Å². The summed E-state index contributed by atoms with van der Waals surface area (Å²) in [6.45, 7) is 8.40. The molecule has 0 bridgehead atoms. The van der Waals surface area contributed by atoms with Crippen molar-refractivity contribution >= 4 is 29.4 Å². The van der Waals surface area contributed by atoms with E-state index in [1.807, 2.05) is 20.8 Å². The molecule has 0 heterocycles. The van der Waals surface area contributed by atoms with E-state index in [1.165, 1.54) is 13.8 Å². The zero-order valence-corrected chi connectivity index (χ0v) is 15.9. The van der Waals surface area contributed by atoms with E-state index in [0.29, 0.717) is 5.02 Å². The topological polar surface area (TPSA) is 84.5 Å². The summed E-state index contributed by atoms with van der Waals surface area (Å²) < 4.78 is 5.19. The average Bonchev–Trinajstić information content (AvgIpc) is 2.44. The van der Waals surface area contributed by atoms with Gasteiger partial charge in [-0.25, -0.2) is 0 Å². The van der Waals surface area contributed by atoms with Crippen LogP contribution in [0.3, 0.4) is 0 Å². The number of hydrogen-bond donors (Lipinski definition) is 2. The lowest BCUT2D eigenvalue weighted by Gasteiger charge is -2.24. The predicted octanol–water partition coefficient (Wildman–Crippen LogP) is 2.75. The van der Waals surface area contributed by atoms with Crippen LogP contribution in [-0.4, -0.2) is 29.4 Å². The Kier molecular flexibility index (Phi) is 7.42. The summed E-state index contributed by atoms with van der Waals surface area (Å²) in [5, 5.41) is 6.01. The van der Waals surface area contributed by atoms with E-state index in [1.54, 1.807) is 24.3 Å². The number of hydrogen-bond acceptors (Lipinski definition) is 4. The monoisotopic (exact) mass is 368 g/mol. The summed E-state index contributed by atoms with van der Waals surface area (Å²) in [5.74, 6) is -1.22. The number of esters is 1. The molecule has 6 nitrogen and oxygen atoms in total. The van der Waals surface area contributed by atoms with Gasteiger partial charge < -0.3 is 15.4 Å². The predicted molar refractivity (Wildman–Crippen MR) is 96.1 cm³/mol. The van der Waals surface area contributed by atoms with E-state index >= 15 is 0 Å². The first-order valence-corrected chi connectivity index (χ1v) is 8.40. The molecular weight excluding hydrogens is 344 g/mol. The van der Waals surface area contributed by atoms with Crippen LogP contribution in [0.4, 0.5) is 0 Å². The smallest absolute Gasteiger partial charge is 0.309 e. The van der Waals surface area contributed by atoms with Gasteiger partial charge in [-0.2, -0.15) is 0 Å². The molecule has 0 spiro atoms. The van der Waals surface area contributed by atoms with Gasteiger partial charge in [0.25, 0.3) is 5.91 Å². The zero-order chi connectivity index (χ0) is 19.2. The Balaban J connectivity index is 2.73. The highest BCUT2D eigenvalue weighted by Crippen LogP contribution is 2.20. The van der Waals surface area contributed by atoms with E-state index in [2.05, 4.69) is 10.6 Å². The zero-order valence-electron chi connectivity index (χ0n) is 15.2. The molecule has 0 radical (unpaired) electrons. The number of rotatable bonds is 6. The minimum absolute atomic E-state index is 0.0889. The molecule has 2 amide bonds. The molecule has 0 aliphatic carbocycles. The quantitative estimate of drug-likeness (QED) is 0.756. The van der Waals surface area contributed by atoms with Crippen LogP contribution >= 0.6 is 11.6 Å². The van der Waals surface area contributed by atoms with Crippen LogP contribution in [0.1, 0.15) is 52.6 Å². The number of benzene rings is 1. The highest BCUT2D eigenvalue weighted by molar-refractivity contribution is 6.30. The minimum atomic E-state index is -0.921. The van der Waals surface area contributed by atoms with E-state index in [9.17, 15) is 14.4 Å². The fraction of sp³-hybridized carbons (Fsp3) is 0.500. The molecule has 0 saturated carbocycles. The molecule has 25 heavy (non-hydrogen) atoms. The van der Waals surface area contributed by atoms with Gasteiger partial charge in [0, 0.05) is 17.5 Å². The van der Waals surface area contributed by atoms with Gasteiger partial charge in [-0.1, -0.05) is 23.7 Å². The largest absolute Gasteiger partial charge is 0.452 e. The molecule has 138 valence electrons. The SMILES string of the molecule is CC(=O)NC(CC(=O)OC(C)C(=O)NC(C)(C)C)c1ccc(Cl)cc1. The second-order valence-corrected chi connectivity index (χ2v) is 7.32. The third kappa shape index (κ3) is 8.03. The first-order valence-electron chi connectivity index (χ1n) is 8.02. The summed E-state index contributed by atoms with van der Waals surface area (Å²) in [4.78, 5) is 35.6. The molecule has 1 aromatic rings. The Morgan fingerprint density at radius 2 is 1.72 bits per heavy atom. The van der Waals surface area contributed by atoms with E-state index in [0.717, 1.165) is 5.56 Å². The molecule has 2 N–H and O–H groups in total. The second-order valence-electron chi connectivity index (χ2n) is 6.88. The van der Waals surface area contributed by atoms with Crippen LogP contribution in [-0.2, 0) is 19.1 Å². The minimum Gasteiger partial charge on any atom is -0.452 e. The second kappa shape index (κ2) is 8.85. The Hall–Kier alpha value is -2.08. The van der Waals surface area contributed by atoms with Crippen LogP contribution in [0.15, 0.2) is 24.3 Å². The Morgan fingerprint density at radius 3 is 2.20 bits per heavy atom. The molecule has 0 fully saturated rings. The molecule has 1 aromatic carbocycles. The molecule has 0 aromatic heterocycles. The summed E-state index contributed by atoms with van der Waals surface area (Å²) in [6, 6.07) is 6.25. The van der Waals surface area contributed by atoms with Gasteiger partial charge in [-0.15, -0.1) is 0 Å². The molecule has 0 aliphatic rings. The lowest BCUT2D eigenvalue weighted by Crippen LogP contribution is -2.46. The van der Waals surface area contributed by atoms with Crippen LogP contribution in [0.2, 0.25) is 5.02 Å². The number of halogens is 1. The van der Waals surface area contributed by atoms with Gasteiger partial charge >= 0.3 is 5.97 Å². The van der Waals surface area contributed by atoms with E-state index in [-0.39, 0.29) is 18.2 Å². The maximum absolute atomic E-state index is 12.2. The first-order chi connectivity index (χ1) is 11.5. The third-order valence-electron chi connectivity index (χ3n) is 3.20. The van der Waals surface area contributed by atoms with Crippen molar-refractivity contribution in [1.29, 1.82) is 0 Å². The number of nitrogens with one attached hydrogen (secondary N) is 2. The van der Waals surface area contributed by atoms with E-state index < -0.39 is 23.7 Å². The van der Waals surface area contributed by atoms with Gasteiger partial charge in [0.05, 0.1) is 12.5 Å². The standard InChI is InChI=1S/C18H25ClN2O4/c1-11(17(24)21-18(3,4)5)25-16(23)10-15(20-12(2)22)13-6-8-14(19)9-7-13/h6-9,11,15H,10H2,1-5H3,(H,20,22)(H,21,24). The van der Waals surface area contributed by atoms with Crippen LogP contribution in [0, 0.1) is 0 Å². The molecular formula is C18H25ClN2O4. The summed E-state index contributed by atoms with van der Waals surface area (Å²) >= 11 is 5.86. The van der Waals surface area contributed by atoms with Crippen molar-refractivity contribution < 1.29 is 19.1 Å². The third-order valence-corrected chi connectivity index (χ3v) is 3.45. The lowest BCUT2D eigenvalue weighted by molar-refractivity contribution is -0.156. The van der Waals surface area contributed by atoms with Gasteiger partial charge in [0.1, 0.15) is 0 Å². The van der Waals surface area contributed by atoms with Crippen LogP contribution in [0.25, 0.3) is 0 Å². The molecule has 0 saturated heterocycles. The van der Waals surface area contributed by atoms with Crippen LogP contribution < -0.4 is 10.6 Å². The fourth-order valence-corrected chi connectivity index (χ4v) is 2.26. The Labute approximate surface area is 153 Å². The number of carbonyl (C=O) groups excluding carboxylic acids is 3. The van der Waals surface area contributed by atoms with Crippen molar-refractivity contribution in [2.24, 2.45) is 0 Å². The van der Waals surface area contributed by atoms with Gasteiger partial charge in [-0.3, -0.25) is 14.4 Å². The summed E-state index contributed by atoms with van der Waals surface area (Å²) in [5.41, 5.74) is 0.308. The molecule has 7 heteroatoms. The normalized spacial score (nSPS) is 13.5. The first kappa shape index (κ1) is 21.0. The van der Waals surface area contributed by atoms with Crippen molar-refractivity contribution in [3.63, 3.8) is 0 Å². The van der Waals surface area contributed by atoms with Crippen molar-refractivity contribution in [3.05, 3.63) is 34.9 Å².